The second-order valence-corrected chi connectivity index (χ2v) is 13.7. The van der Waals surface area contributed by atoms with E-state index in [0.29, 0.717) is 6.42 Å². The molecule has 1 amide bonds. The van der Waals surface area contributed by atoms with Crippen LogP contribution in [0.15, 0.2) is 60.8 Å². The lowest BCUT2D eigenvalue weighted by molar-refractivity contribution is -0.302. The maximum Gasteiger partial charge on any atom is 0.220 e. The first-order valence-corrected chi connectivity index (χ1v) is 20.0. The molecule has 1 rings (SSSR count). The summed E-state index contributed by atoms with van der Waals surface area (Å²) in [5.74, 6) is -0.198. The van der Waals surface area contributed by atoms with Crippen molar-refractivity contribution >= 4 is 5.91 Å². The van der Waals surface area contributed by atoms with Gasteiger partial charge in [-0.25, -0.2) is 0 Å². The number of hydrogen-bond donors (Lipinski definition) is 6. The lowest BCUT2D eigenvalue weighted by Crippen LogP contribution is -2.60. The molecule has 1 aliphatic rings. The molecule has 0 aromatic rings. The number of carbonyl (C=O) groups excluding carboxylic acids is 1. The fraction of sp³-hybridized carbons (Fsp3) is 0.738. The van der Waals surface area contributed by atoms with Crippen LogP contribution in [0.4, 0.5) is 0 Å². The van der Waals surface area contributed by atoms with Crippen LogP contribution in [0, 0.1) is 0 Å². The molecule has 7 atom stereocenters. The Balaban J connectivity index is 2.39. The van der Waals surface area contributed by atoms with Crippen LogP contribution in [0.2, 0.25) is 0 Å². The van der Waals surface area contributed by atoms with E-state index in [1.807, 2.05) is 6.08 Å². The molecule has 0 spiro atoms. The average molecular weight is 720 g/mol. The molecule has 0 radical (unpaired) electrons. The number of aliphatic hydroxyl groups excluding tert-OH is 5. The van der Waals surface area contributed by atoms with Crippen LogP contribution in [0.1, 0.15) is 142 Å². The average Bonchev–Trinajstić information content (AvgIpc) is 3.13. The SMILES string of the molecule is CC/C=C\C/C=C\C/C=C\C/C=C\CCCCCCCCC(=O)NC(COC1OC(CO)C(O)C(O)C1O)C(O)/C=C/CCCCCCCCC. The summed E-state index contributed by atoms with van der Waals surface area (Å²) in [6, 6.07) is -0.812. The van der Waals surface area contributed by atoms with Gasteiger partial charge in [-0.05, 0) is 57.8 Å². The van der Waals surface area contributed by atoms with Crippen LogP contribution in [-0.2, 0) is 14.3 Å². The molecule has 6 N–H and O–H groups in total. The van der Waals surface area contributed by atoms with E-state index >= 15 is 0 Å². The third-order valence-electron chi connectivity index (χ3n) is 9.10. The van der Waals surface area contributed by atoms with Crippen molar-refractivity contribution in [1.82, 2.24) is 5.32 Å². The normalized spacial score (nSPS) is 22.7. The molecular formula is C42H73NO8. The Bertz CT molecular complexity index is 978. The minimum absolute atomic E-state index is 0.198. The third-order valence-corrected chi connectivity index (χ3v) is 9.10. The molecule has 0 saturated carbocycles. The van der Waals surface area contributed by atoms with E-state index in [1.54, 1.807) is 6.08 Å². The molecule has 9 heteroatoms. The Labute approximate surface area is 309 Å². The number of hydrogen-bond acceptors (Lipinski definition) is 8. The lowest BCUT2D eigenvalue weighted by atomic mass is 9.99. The van der Waals surface area contributed by atoms with E-state index in [0.717, 1.165) is 83.5 Å². The number of ether oxygens (including phenoxy) is 2. The molecule has 1 aliphatic heterocycles. The molecular weight excluding hydrogens is 646 g/mol. The van der Waals surface area contributed by atoms with Gasteiger partial charge < -0.3 is 40.3 Å². The van der Waals surface area contributed by atoms with Crippen LogP contribution < -0.4 is 5.32 Å². The fourth-order valence-electron chi connectivity index (χ4n) is 5.85. The van der Waals surface area contributed by atoms with E-state index in [9.17, 15) is 30.3 Å². The molecule has 7 unspecified atom stereocenters. The van der Waals surface area contributed by atoms with E-state index in [4.69, 9.17) is 9.47 Å². The summed E-state index contributed by atoms with van der Waals surface area (Å²) in [6.45, 7) is 3.59. The molecule has 294 valence electrons. The van der Waals surface area contributed by atoms with Crippen molar-refractivity contribution in [2.75, 3.05) is 13.2 Å². The van der Waals surface area contributed by atoms with Crippen molar-refractivity contribution < 1.29 is 39.8 Å². The number of amides is 1. The van der Waals surface area contributed by atoms with Crippen molar-refractivity contribution in [2.45, 2.75) is 185 Å². The van der Waals surface area contributed by atoms with Gasteiger partial charge in [-0.15, -0.1) is 0 Å². The molecule has 51 heavy (non-hydrogen) atoms. The third kappa shape index (κ3) is 24.0. The molecule has 0 bridgehead atoms. The molecule has 1 saturated heterocycles. The molecule has 0 aromatic heterocycles. The lowest BCUT2D eigenvalue weighted by Gasteiger charge is -2.40. The van der Waals surface area contributed by atoms with Gasteiger partial charge in [0, 0.05) is 6.42 Å². The number of carbonyl (C=O) groups is 1. The number of aliphatic hydroxyl groups is 5. The van der Waals surface area contributed by atoms with E-state index in [2.05, 4.69) is 67.8 Å². The zero-order chi connectivity index (χ0) is 37.4. The first-order valence-electron chi connectivity index (χ1n) is 20.0. The summed E-state index contributed by atoms with van der Waals surface area (Å²) in [5, 5.41) is 53.8. The van der Waals surface area contributed by atoms with Crippen molar-refractivity contribution in [3.8, 4) is 0 Å². The van der Waals surface area contributed by atoms with Gasteiger partial charge in [-0.3, -0.25) is 4.79 Å². The van der Waals surface area contributed by atoms with Crippen molar-refractivity contribution in [3.63, 3.8) is 0 Å². The quantitative estimate of drug-likeness (QED) is 0.0324. The summed E-state index contributed by atoms with van der Waals surface area (Å²) in [6.07, 6.45) is 34.1. The molecule has 1 fully saturated rings. The second kappa shape index (κ2) is 32.5. The van der Waals surface area contributed by atoms with Crippen LogP contribution >= 0.6 is 0 Å². The Morgan fingerprint density at radius 2 is 1.22 bits per heavy atom. The zero-order valence-electron chi connectivity index (χ0n) is 31.8. The van der Waals surface area contributed by atoms with E-state index in [-0.39, 0.29) is 12.5 Å². The summed E-state index contributed by atoms with van der Waals surface area (Å²) >= 11 is 0. The van der Waals surface area contributed by atoms with Gasteiger partial charge in [0.05, 0.1) is 25.4 Å². The molecule has 9 nitrogen and oxygen atoms in total. The topological polar surface area (TPSA) is 149 Å². The predicted octanol–water partition coefficient (Wildman–Crippen LogP) is 7.27. The Morgan fingerprint density at radius 1 is 0.686 bits per heavy atom. The summed E-state index contributed by atoms with van der Waals surface area (Å²) in [4.78, 5) is 12.9. The van der Waals surface area contributed by atoms with Gasteiger partial charge in [-0.1, -0.05) is 139 Å². The first kappa shape index (κ1) is 46.9. The standard InChI is InChI=1S/C42H73NO8/c1-3-5-7-9-11-13-14-15-16-17-18-19-20-21-22-24-26-28-30-32-38(46)43-35(36(45)31-29-27-25-23-12-10-8-6-4-2)34-50-42-41(49)40(48)39(47)37(33-44)51-42/h5,7,11,13,15-16,18-19,29,31,35-37,39-42,44-45,47-49H,3-4,6,8-10,12,14,17,20-28,30,32-34H2,1-2H3,(H,43,46)/b7-5-,13-11-,16-15-,19-18-,31-29+. The van der Waals surface area contributed by atoms with Gasteiger partial charge in [0.25, 0.3) is 0 Å². The smallest absolute Gasteiger partial charge is 0.220 e. The van der Waals surface area contributed by atoms with Crippen LogP contribution in [-0.4, -0.2) is 87.5 Å². The summed E-state index contributed by atoms with van der Waals surface area (Å²) in [7, 11) is 0. The fourth-order valence-corrected chi connectivity index (χ4v) is 5.85. The van der Waals surface area contributed by atoms with E-state index in [1.165, 1.54) is 38.5 Å². The number of allylic oxidation sites excluding steroid dienone is 9. The largest absolute Gasteiger partial charge is 0.394 e. The first-order chi connectivity index (χ1) is 24.8. The highest BCUT2D eigenvalue weighted by Gasteiger charge is 2.44. The van der Waals surface area contributed by atoms with Crippen LogP contribution in [0.3, 0.4) is 0 Å². The highest BCUT2D eigenvalue weighted by Crippen LogP contribution is 2.22. The second-order valence-electron chi connectivity index (χ2n) is 13.7. The van der Waals surface area contributed by atoms with Crippen molar-refractivity contribution in [3.05, 3.63) is 60.8 Å². The number of nitrogens with one attached hydrogen (secondary N) is 1. The molecule has 0 aromatic carbocycles. The van der Waals surface area contributed by atoms with Crippen molar-refractivity contribution in [2.24, 2.45) is 0 Å². The van der Waals surface area contributed by atoms with Gasteiger partial charge in [-0.2, -0.15) is 0 Å². The van der Waals surface area contributed by atoms with Gasteiger partial charge in [0.2, 0.25) is 5.91 Å². The Kier molecular flexibility index (Phi) is 29.9. The van der Waals surface area contributed by atoms with Gasteiger partial charge in [0.1, 0.15) is 24.4 Å². The van der Waals surface area contributed by atoms with Crippen LogP contribution in [0.5, 0.6) is 0 Å². The minimum Gasteiger partial charge on any atom is -0.394 e. The zero-order valence-corrected chi connectivity index (χ0v) is 31.8. The highest BCUT2D eigenvalue weighted by atomic mass is 16.7. The maximum absolute atomic E-state index is 12.9. The number of rotatable bonds is 31. The maximum atomic E-state index is 12.9. The van der Waals surface area contributed by atoms with Gasteiger partial charge in [0.15, 0.2) is 6.29 Å². The van der Waals surface area contributed by atoms with Crippen LogP contribution in [0.25, 0.3) is 0 Å². The highest BCUT2D eigenvalue weighted by molar-refractivity contribution is 5.76. The van der Waals surface area contributed by atoms with Crippen molar-refractivity contribution in [1.29, 1.82) is 0 Å². The Hall–Kier alpha value is -2.11. The Morgan fingerprint density at radius 3 is 1.80 bits per heavy atom. The summed E-state index contributed by atoms with van der Waals surface area (Å²) < 4.78 is 11.1. The molecule has 1 heterocycles. The number of unbranched alkanes of at least 4 members (excludes halogenated alkanes) is 13. The van der Waals surface area contributed by atoms with Gasteiger partial charge >= 0.3 is 0 Å². The molecule has 0 aliphatic carbocycles. The monoisotopic (exact) mass is 720 g/mol. The summed E-state index contributed by atoms with van der Waals surface area (Å²) in [5.41, 5.74) is 0. The van der Waals surface area contributed by atoms with E-state index < -0.39 is 49.5 Å². The minimum atomic E-state index is -1.57. The predicted molar refractivity (Wildman–Crippen MR) is 207 cm³/mol.